The highest BCUT2D eigenvalue weighted by molar-refractivity contribution is 8.77. The molecule has 0 amide bonds. The van der Waals surface area contributed by atoms with Gasteiger partial charge in [-0.15, -0.1) is 0 Å². The fourth-order valence-electron chi connectivity index (χ4n) is 6.42. The third-order valence-corrected chi connectivity index (χ3v) is 11.1. The summed E-state index contributed by atoms with van der Waals surface area (Å²) in [5.41, 5.74) is 3.37. The van der Waals surface area contributed by atoms with Gasteiger partial charge in [-0.3, -0.25) is 10.1 Å². The van der Waals surface area contributed by atoms with Gasteiger partial charge in [-0.2, -0.15) is 0 Å². The Morgan fingerprint density at radius 2 is 1.90 bits per heavy atom. The first kappa shape index (κ1) is 20.3. The summed E-state index contributed by atoms with van der Waals surface area (Å²) in [6, 6.07) is 13.0. The van der Waals surface area contributed by atoms with E-state index in [9.17, 15) is 15.2 Å². The van der Waals surface area contributed by atoms with E-state index >= 15 is 0 Å². The van der Waals surface area contributed by atoms with Gasteiger partial charge in [0.1, 0.15) is 5.75 Å². The Hall–Kier alpha value is -1.66. The number of phenolic OH excluding ortho intramolecular Hbond substituents is 1. The van der Waals surface area contributed by atoms with Gasteiger partial charge < -0.3 is 5.11 Å². The predicted molar refractivity (Wildman–Crippen MR) is 123 cm³/mol. The van der Waals surface area contributed by atoms with Crippen molar-refractivity contribution in [3.05, 3.63) is 63.7 Å². The number of nitro groups is 1. The first-order valence-corrected chi connectivity index (χ1v) is 13.1. The molecule has 30 heavy (non-hydrogen) atoms. The van der Waals surface area contributed by atoms with Crippen molar-refractivity contribution in [1.29, 1.82) is 0 Å². The van der Waals surface area contributed by atoms with Gasteiger partial charge in [0.15, 0.2) is 0 Å². The van der Waals surface area contributed by atoms with E-state index in [2.05, 4.69) is 13.0 Å². The Morgan fingerprint density at radius 1 is 1.10 bits per heavy atom. The van der Waals surface area contributed by atoms with E-state index in [0.29, 0.717) is 22.3 Å². The number of rotatable bonds is 4. The molecule has 2 fully saturated rings. The highest BCUT2D eigenvalue weighted by Gasteiger charge is 2.54. The number of aromatic hydroxyl groups is 1. The predicted octanol–water partition coefficient (Wildman–Crippen LogP) is 6.97. The number of benzene rings is 2. The summed E-state index contributed by atoms with van der Waals surface area (Å²) in [4.78, 5) is 11.6. The lowest BCUT2D eigenvalue weighted by molar-refractivity contribution is -0.384. The van der Waals surface area contributed by atoms with Crippen LogP contribution in [0.25, 0.3) is 0 Å². The topological polar surface area (TPSA) is 63.4 Å². The molecule has 4 nitrogen and oxygen atoms in total. The molecule has 0 radical (unpaired) electrons. The average Bonchev–Trinajstić information content (AvgIpc) is 3.08. The zero-order chi connectivity index (χ0) is 20.9. The van der Waals surface area contributed by atoms with Crippen LogP contribution in [0, 0.1) is 27.4 Å². The van der Waals surface area contributed by atoms with Crippen LogP contribution in [0.3, 0.4) is 0 Å². The molecule has 0 aliphatic heterocycles. The second-order valence-electron chi connectivity index (χ2n) is 9.34. The van der Waals surface area contributed by atoms with Gasteiger partial charge in [-0.25, -0.2) is 0 Å². The van der Waals surface area contributed by atoms with Gasteiger partial charge in [-0.05, 0) is 97.1 Å². The summed E-state index contributed by atoms with van der Waals surface area (Å²) in [7, 11) is 3.75. The fraction of sp³-hybridized carbons (Fsp3) is 0.500. The van der Waals surface area contributed by atoms with Gasteiger partial charge in [0.2, 0.25) is 0 Å². The van der Waals surface area contributed by atoms with Crippen LogP contribution in [-0.2, 0) is 6.42 Å². The maximum atomic E-state index is 10.9. The largest absolute Gasteiger partial charge is 0.508 e. The highest BCUT2D eigenvalue weighted by Crippen LogP contribution is 2.64. The van der Waals surface area contributed by atoms with Crippen LogP contribution in [0.15, 0.2) is 47.4 Å². The van der Waals surface area contributed by atoms with Crippen LogP contribution in [0.4, 0.5) is 5.69 Å². The second-order valence-corrected chi connectivity index (χ2v) is 11.8. The maximum Gasteiger partial charge on any atom is 0.269 e. The van der Waals surface area contributed by atoms with Crippen molar-refractivity contribution in [2.45, 2.75) is 61.5 Å². The molecule has 0 bridgehead atoms. The maximum absolute atomic E-state index is 10.9. The molecule has 158 valence electrons. The summed E-state index contributed by atoms with van der Waals surface area (Å²) >= 11 is 0. The van der Waals surface area contributed by atoms with Crippen molar-refractivity contribution >= 4 is 27.3 Å². The Kier molecular flexibility index (Phi) is 5.26. The smallest absolute Gasteiger partial charge is 0.269 e. The first-order valence-electron chi connectivity index (χ1n) is 10.9. The van der Waals surface area contributed by atoms with Crippen molar-refractivity contribution in [2.75, 3.05) is 0 Å². The highest BCUT2D eigenvalue weighted by atomic mass is 33.1. The van der Waals surface area contributed by atoms with E-state index in [1.54, 1.807) is 22.9 Å². The molecule has 5 rings (SSSR count). The molecule has 0 heterocycles. The van der Waals surface area contributed by atoms with E-state index < -0.39 is 0 Å². The Morgan fingerprint density at radius 3 is 2.67 bits per heavy atom. The molecule has 2 aromatic carbocycles. The minimum atomic E-state index is -0.341. The lowest BCUT2D eigenvalue weighted by Crippen LogP contribution is -2.43. The summed E-state index contributed by atoms with van der Waals surface area (Å²) in [5, 5.41) is 21.4. The number of aryl methyl sites for hydroxylation is 1. The van der Waals surface area contributed by atoms with Crippen LogP contribution in [0.2, 0.25) is 0 Å². The van der Waals surface area contributed by atoms with Crippen molar-refractivity contribution in [2.24, 2.45) is 17.3 Å². The molecule has 2 aromatic rings. The van der Waals surface area contributed by atoms with Crippen LogP contribution in [0.1, 0.15) is 56.1 Å². The lowest BCUT2D eigenvalue weighted by atomic mass is 9.56. The summed E-state index contributed by atoms with van der Waals surface area (Å²) in [6.45, 7) is 2.52. The molecule has 0 saturated heterocycles. The Balaban J connectivity index is 1.29. The molecule has 3 aliphatic rings. The summed E-state index contributed by atoms with van der Waals surface area (Å²) in [5.74, 6) is 2.58. The quantitative estimate of drug-likeness (QED) is 0.315. The van der Waals surface area contributed by atoms with Gasteiger partial charge in [-0.1, -0.05) is 34.6 Å². The molecule has 0 spiro atoms. The van der Waals surface area contributed by atoms with Crippen molar-refractivity contribution in [3.63, 3.8) is 0 Å². The van der Waals surface area contributed by atoms with E-state index in [0.717, 1.165) is 23.2 Å². The molecule has 1 N–H and O–H groups in total. The zero-order valence-electron chi connectivity index (χ0n) is 17.1. The molecule has 0 aromatic heterocycles. The Labute approximate surface area is 185 Å². The number of nitro benzene ring substituents is 1. The average molecular weight is 442 g/mol. The van der Waals surface area contributed by atoms with E-state index in [1.807, 2.05) is 35.1 Å². The zero-order valence-corrected chi connectivity index (χ0v) is 18.8. The number of hydrogen-bond acceptors (Lipinski definition) is 5. The van der Waals surface area contributed by atoms with Crippen molar-refractivity contribution in [1.82, 2.24) is 0 Å². The van der Waals surface area contributed by atoms with Crippen molar-refractivity contribution < 1.29 is 10.0 Å². The summed E-state index contributed by atoms with van der Waals surface area (Å²) < 4.78 is 0. The van der Waals surface area contributed by atoms with E-state index in [-0.39, 0.29) is 10.6 Å². The Bertz CT molecular complexity index is 963. The monoisotopic (exact) mass is 441 g/mol. The first-order chi connectivity index (χ1) is 14.5. The van der Waals surface area contributed by atoms with Gasteiger partial charge in [0, 0.05) is 22.3 Å². The molecule has 0 unspecified atom stereocenters. The van der Waals surface area contributed by atoms with Crippen LogP contribution < -0.4 is 0 Å². The number of non-ortho nitro benzene ring substituents is 1. The van der Waals surface area contributed by atoms with Crippen molar-refractivity contribution in [3.8, 4) is 5.75 Å². The van der Waals surface area contributed by atoms with Gasteiger partial charge in [0.25, 0.3) is 5.69 Å². The normalized spacial score (nSPS) is 32.2. The third kappa shape index (κ3) is 3.42. The molecular weight excluding hydrogens is 414 g/mol. The minimum absolute atomic E-state index is 0.154. The number of hydrogen-bond donors (Lipinski definition) is 1. The fourth-order valence-corrected chi connectivity index (χ4v) is 9.60. The van der Waals surface area contributed by atoms with Gasteiger partial charge in [0.05, 0.1) is 4.92 Å². The minimum Gasteiger partial charge on any atom is -0.508 e. The van der Waals surface area contributed by atoms with Crippen LogP contribution in [0.5, 0.6) is 5.75 Å². The van der Waals surface area contributed by atoms with Gasteiger partial charge >= 0.3 is 0 Å². The molecular formula is C24H27NO3S2. The van der Waals surface area contributed by atoms with Crippen LogP contribution in [-0.4, -0.2) is 15.3 Å². The van der Waals surface area contributed by atoms with Crippen LogP contribution >= 0.6 is 21.6 Å². The standard InChI is InChI=1S/C24H27NO3S2/c1-24-13-12-20-19-9-5-17(26)14-15(19)2-8-21(20)22(24)10-11-23(24)30-29-18-6-3-16(4-7-18)25(27)28/h3-7,9,14,20-23,26H,2,8,10-13H2,1H3/t20-,21-,22+,23+,24+/m1/s1. The van der Waals surface area contributed by atoms with E-state index in [1.165, 1.54) is 43.2 Å². The van der Waals surface area contributed by atoms with E-state index in [4.69, 9.17) is 0 Å². The molecule has 6 heteroatoms. The number of phenols is 1. The molecule has 2 saturated carbocycles. The summed E-state index contributed by atoms with van der Waals surface area (Å²) in [6.07, 6.45) is 7.41. The molecule has 3 aliphatic carbocycles. The number of nitrogens with zero attached hydrogens (tertiary/aromatic N) is 1. The number of fused-ring (bicyclic) bond motifs is 5. The SMILES string of the molecule is C[C@]12CC[C@@H]3c4ccc(O)cc4CC[C@H]3[C@@H]1CC[C@@H]2SSc1ccc([N+](=O)[O-])cc1. The molecule has 5 atom stereocenters. The third-order valence-electron chi connectivity index (χ3n) is 7.93. The second kappa shape index (κ2) is 7.79. The lowest BCUT2D eigenvalue weighted by Gasteiger charge is -2.50.